The van der Waals surface area contributed by atoms with Gasteiger partial charge in [-0.25, -0.2) is 4.98 Å². The first-order valence-corrected chi connectivity index (χ1v) is 6.24. The number of nitrogens with one attached hydrogen (secondary N) is 1. The Morgan fingerprint density at radius 1 is 1.35 bits per heavy atom. The highest BCUT2D eigenvalue weighted by Crippen LogP contribution is 2.11. The van der Waals surface area contributed by atoms with Crippen molar-refractivity contribution in [2.75, 3.05) is 24.2 Å². The second-order valence-electron chi connectivity index (χ2n) is 4.70. The number of hydrogen-bond acceptors (Lipinski definition) is 8. The van der Waals surface area contributed by atoms with Gasteiger partial charge in [0, 0.05) is 13.2 Å². The summed E-state index contributed by atoms with van der Waals surface area (Å²) in [6.07, 6.45) is 2.88. The fourth-order valence-electron chi connectivity index (χ4n) is 1.61. The van der Waals surface area contributed by atoms with E-state index in [1.807, 2.05) is 20.8 Å². The molecule has 0 aliphatic carbocycles. The van der Waals surface area contributed by atoms with E-state index < -0.39 is 0 Å². The van der Waals surface area contributed by atoms with Crippen molar-refractivity contribution in [3.63, 3.8) is 0 Å². The Balaban J connectivity index is 2.13. The van der Waals surface area contributed by atoms with Crippen LogP contribution in [0.15, 0.2) is 12.7 Å². The highest BCUT2D eigenvalue weighted by atomic mass is 16.5. The first-order valence-electron chi connectivity index (χ1n) is 6.24. The summed E-state index contributed by atoms with van der Waals surface area (Å²) in [5, 5.41) is 7.04. The zero-order chi connectivity index (χ0) is 14.6. The van der Waals surface area contributed by atoms with Crippen molar-refractivity contribution < 1.29 is 4.74 Å². The lowest BCUT2D eigenvalue weighted by Gasteiger charge is -2.24. The zero-order valence-corrected chi connectivity index (χ0v) is 11.7. The number of nitrogen functional groups attached to an aromatic ring is 1. The molecule has 0 amide bonds. The van der Waals surface area contributed by atoms with E-state index in [9.17, 15) is 0 Å². The maximum Gasteiger partial charge on any atom is 0.258 e. The molecular weight excluding hydrogens is 260 g/mol. The van der Waals surface area contributed by atoms with Crippen LogP contribution in [0.5, 0.6) is 0 Å². The van der Waals surface area contributed by atoms with Gasteiger partial charge in [-0.15, -0.1) is 0 Å². The molecule has 0 unspecified atom stereocenters. The van der Waals surface area contributed by atoms with Gasteiger partial charge in [-0.3, -0.25) is 0 Å². The maximum absolute atomic E-state index is 5.67. The van der Waals surface area contributed by atoms with Gasteiger partial charge in [0.2, 0.25) is 11.9 Å². The summed E-state index contributed by atoms with van der Waals surface area (Å²) < 4.78 is 7.00. The lowest BCUT2D eigenvalue weighted by molar-refractivity contribution is 0.000579. The van der Waals surface area contributed by atoms with Crippen LogP contribution >= 0.6 is 0 Å². The lowest BCUT2D eigenvalue weighted by Crippen LogP contribution is -2.34. The van der Waals surface area contributed by atoms with Crippen molar-refractivity contribution >= 4 is 11.9 Å². The molecule has 0 saturated carbocycles. The lowest BCUT2D eigenvalue weighted by atomic mass is 10.1. The topological polar surface area (TPSA) is 117 Å². The molecule has 0 aliphatic rings. The standard InChI is InChI=1S/C11H18N8O/c1-4-20-11(2,3)5-14-9-16-8(12)17-10(18-9)19-7-13-6-15-19/h6-7H,4-5H2,1-3H3,(H3,12,14,16,17,18). The van der Waals surface area contributed by atoms with Gasteiger partial charge in [-0.1, -0.05) is 0 Å². The minimum absolute atomic E-state index is 0.113. The van der Waals surface area contributed by atoms with Crippen LogP contribution in [-0.2, 0) is 4.74 Å². The summed E-state index contributed by atoms with van der Waals surface area (Å²) in [4.78, 5) is 16.1. The summed E-state index contributed by atoms with van der Waals surface area (Å²) in [5.41, 5.74) is 5.34. The number of nitrogens with two attached hydrogens (primary N) is 1. The number of nitrogens with zero attached hydrogens (tertiary/aromatic N) is 6. The predicted octanol–water partition coefficient (Wildman–Crippen LogP) is 0.261. The summed E-state index contributed by atoms with van der Waals surface area (Å²) >= 11 is 0. The molecule has 2 heterocycles. The van der Waals surface area contributed by atoms with Gasteiger partial charge in [-0.2, -0.15) is 24.7 Å². The number of aromatic nitrogens is 6. The van der Waals surface area contributed by atoms with E-state index in [-0.39, 0.29) is 11.5 Å². The van der Waals surface area contributed by atoms with E-state index >= 15 is 0 Å². The molecule has 0 atom stereocenters. The fraction of sp³-hybridized carbons (Fsp3) is 0.545. The zero-order valence-electron chi connectivity index (χ0n) is 11.7. The largest absolute Gasteiger partial charge is 0.374 e. The Morgan fingerprint density at radius 2 is 2.15 bits per heavy atom. The van der Waals surface area contributed by atoms with Crippen molar-refractivity contribution in [2.24, 2.45) is 0 Å². The Hall–Kier alpha value is -2.29. The number of anilines is 2. The molecule has 2 aromatic rings. The van der Waals surface area contributed by atoms with Gasteiger partial charge >= 0.3 is 0 Å². The quantitative estimate of drug-likeness (QED) is 0.772. The Kier molecular flexibility index (Phi) is 4.08. The summed E-state index contributed by atoms with van der Waals surface area (Å²) in [6, 6.07) is 0. The van der Waals surface area contributed by atoms with Crippen LogP contribution < -0.4 is 11.1 Å². The second-order valence-corrected chi connectivity index (χ2v) is 4.70. The van der Waals surface area contributed by atoms with Crippen molar-refractivity contribution in [2.45, 2.75) is 26.4 Å². The van der Waals surface area contributed by atoms with Crippen LogP contribution in [0.2, 0.25) is 0 Å². The molecule has 0 aromatic carbocycles. The number of ether oxygens (including phenoxy) is 1. The van der Waals surface area contributed by atoms with Gasteiger partial charge in [0.05, 0.1) is 5.60 Å². The van der Waals surface area contributed by atoms with Crippen LogP contribution in [0.25, 0.3) is 5.95 Å². The van der Waals surface area contributed by atoms with E-state index in [0.717, 1.165) is 0 Å². The van der Waals surface area contributed by atoms with Crippen LogP contribution in [-0.4, -0.2) is 48.5 Å². The third-order valence-electron chi connectivity index (χ3n) is 2.47. The van der Waals surface area contributed by atoms with Gasteiger partial charge < -0.3 is 15.8 Å². The second kappa shape index (κ2) is 5.78. The van der Waals surface area contributed by atoms with Gasteiger partial charge in [0.25, 0.3) is 5.95 Å². The van der Waals surface area contributed by atoms with Crippen molar-refractivity contribution in [1.82, 2.24) is 29.7 Å². The molecule has 0 radical (unpaired) electrons. The third-order valence-corrected chi connectivity index (χ3v) is 2.47. The normalized spacial score (nSPS) is 11.6. The average Bonchev–Trinajstić information content (AvgIpc) is 2.90. The molecule has 2 aromatic heterocycles. The molecular formula is C11H18N8O. The molecule has 0 spiro atoms. The van der Waals surface area contributed by atoms with E-state index in [4.69, 9.17) is 10.5 Å². The smallest absolute Gasteiger partial charge is 0.258 e. The van der Waals surface area contributed by atoms with Gasteiger partial charge in [0.1, 0.15) is 12.7 Å². The minimum atomic E-state index is -0.330. The fourth-order valence-corrected chi connectivity index (χ4v) is 1.61. The van der Waals surface area contributed by atoms with Crippen LogP contribution in [0, 0.1) is 0 Å². The molecule has 0 aliphatic heterocycles. The molecule has 0 saturated heterocycles. The highest BCUT2D eigenvalue weighted by Gasteiger charge is 2.18. The first kappa shape index (κ1) is 14.1. The number of hydrogen-bond donors (Lipinski definition) is 2. The van der Waals surface area contributed by atoms with E-state index in [0.29, 0.717) is 25.0 Å². The van der Waals surface area contributed by atoms with Crippen molar-refractivity contribution in [3.05, 3.63) is 12.7 Å². The highest BCUT2D eigenvalue weighted by molar-refractivity contribution is 5.34. The monoisotopic (exact) mass is 278 g/mol. The van der Waals surface area contributed by atoms with Crippen molar-refractivity contribution in [3.8, 4) is 5.95 Å². The first-order chi connectivity index (χ1) is 9.50. The summed E-state index contributed by atoms with van der Waals surface area (Å²) in [6.45, 7) is 7.09. The molecule has 3 N–H and O–H groups in total. The predicted molar refractivity (Wildman–Crippen MR) is 73.4 cm³/mol. The Morgan fingerprint density at radius 3 is 2.80 bits per heavy atom. The SMILES string of the molecule is CCOC(C)(C)CNc1nc(N)nc(-n2cncn2)n1. The van der Waals surface area contributed by atoms with Crippen LogP contribution in [0.1, 0.15) is 20.8 Å². The maximum atomic E-state index is 5.67. The minimum Gasteiger partial charge on any atom is -0.374 e. The van der Waals surface area contributed by atoms with Gasteiger partial charge in [-0.05, 0) is 20.8 Å². The van der Waals surface area contributed by atoms with Crippen LogP contribution in [0.4, 0.5) is 11.9 Å². The van der Waals surface area contributed by atoms with Gasteiger partial charge in [0.15, 0.2) is 0 Å². The molecule has 0 fully saturated rings. The number of rotatable bonds is 6. The molecule has 108 valence electrons. The van der Waals surface area contributed by atoms with E-state index in [1.165, 1.54) is 17.3 Å². The average molecular weight is 278 g/mol. The molecule has 2 rings (SSSR count). The molecule has 9 heteroatoms. The molecule has 20 heavy (non-hydrogen) atoms. The molecule has 9 nitrogen and oxygen atoms in total. The molecule has 0 bridgehead atoms. The Bertz CT molecular complexity index is 554. The Labute approximate surface area is 116 Å². The van der Waals surface area contributed by atoms with Crippen molar-refractivity contribution in [1.29, 1.82) is 0 Å². The van der Waals surface area contributed by atoms with E-state index in [1.54, 1.807) is 0 Å². The third kappa shape index (κ3) is 3.60. The summed E-state index contributed by atoms with van der Waals surface area (Å²) in [7, 11) is 0. The van der Waals surface area contributed by atoms with E-state index in [2.05, 4.69) is 30.4 Å². The van der Waals surface area contributed by atoms with Crippen LogP contribution in [0.3, 0.4) is 0 Å². The summed E-state index contributed by atoms with van der Waals surface area (Å²) in [5.74, 6) is 0.796.